The molecule has 2 rings (SSSR count). The second kappa shape index (κ2) is 10.3. The minimum Gasteiger partial charge on any atom is -0.502 e. The van der Waals surface area contributed by atoms with Crippen molar-refractivity contribution in [2.24, 2.45) is 5.10 Å². The Morgan fingerprint density at radius 2 is 1.78 bits per heavy atom. The van der Waals surface area contributed by atoms with E-state index in [2.05, 4.69) is 10.4 Å². The van der Waals surface area contributed by atoms with Gasteiger partial charge in [0.1, 0.15) is 0 Å². The number of benzene rings is 2. The molecule has 14 nitrogen and oxygen atoms in total. The summed E-state index contributed by atoms with van der Waals surface area (Å²) in [5.74, 6) is -1.48. The topological polar surface area (TPSA) is 196 Å². The maximum Gasteiger partial charge on any atom is 0.318 e. The highest BCUT2D eigenvalue weighted by atomic mass is 16.6. The molecule has 0 saturated carbocycles. The van der Waals surface area contributed by atoms with E-state index in [1.54, 1.807) is 0 Å². The molecule has 168 valence electrons. The van der Waals surface area contributed by atoms with Crippen LogP contribution in [-0.4, -0.2) is 53.7 Å². The molecule has 0 saturated heterocycles. The van der Waals surface area contributed by atoms with Gasteiger partial charge < -0.3 is 19.9 Å². The molecular formula is C18H17N5O9. The molecule has 0 heterocycles. The number of phenols is 1. The molecule has 0 bridgehead atoms. The summed E-state index contributed by atoms with van der Waals surface area (Å²) >= 11 is 0. The minimum atomic E-state index is -0.998. The molecule has 0 aliphatic rings. The van der Waals surface area contributed by atoms with Crippen LogP contribution >= 0.6 is 0 Å². The number of amides is 2. The number of nitro benzene ring substituents is 2. The highest BCUT2D eigenvalue weighted by Crippen LogP contribution is 2.33. The van der Waals surface area contributed by atoms with Crippen molar-refractivity contribution in [3.8, 4) is 17.2 Å². The third-order valence-corrected chi connectivity index (χ3v) is 3.96. The number of carbonyl (C=O) groups is 2. The van der Waals surface area contributed by atoms with Gasteiger partial charge >= 0.3 is 5.69 Å². The summed E-state index contributed by atoms with van der Waals surface area (Å²) in [6.45, 7) is -0.481. The van der Waals surface area contributed by atoms with Gasteiger partial charge in [0.05, 0.1) is 48.5 Å². The van der Waals surface area contributed by atoms with E-state index in [4.69, 9.17) is 9.47 Å². The van der Waals surface area contributed by atoms with Crippen molar-refractivity contribution in [2.45, 2.75) is 0 Å². The quantitative estimate of drug-likeness (QED) is 0.286. The van der Waals surface area contributed by atoms with Crippen molar-refractivity contribution < 1.29 is 34.0 Å². The van der Waals surface area contributed by atoms with Crippen LogP contribution < -0.4 is 20.2 Å². The molecule has 2 aromatic carbocycles. The van der Waals surface area contributed by atoms with Gasteiger partial charge in [0.2, 0.25) is 5.75 Å². The summed E-state index contributed by atoms with van der Waals surface area (Å²) in [6.07, 6.45) is 0.795. The van der Waals surface area contributed by atoms with Gasteiger partial charge in [0, 0.05) is 11.6 Å². The van der Waals surface area contributed by atoms with Crippen LogP contribution in [0.3, 0.4) is 0 Å². The van der Waals surface area contributed by atoms with Crippen LogP contribution in [0.2, 0.25) is 0 Å². The molecular weight excluding hydrogens is 430 g/mol. The number of hydrogen-bond acceptors (Lipinski definition) is 10. The highest BCUT2D eigenvalue weighted by molar-refractivity contribution is 5.97. The van der Waals surface area contributed by atoms with Crippen LogP contribution in [0.4, 0.5) is 11.4 Å². The highest BCUT2D eigenvalue weighted by Gasteiger charge is 2.23. The van der Waals surface area contributed by atoms with E-state index in [9.17, 15) is 34.9 Å². The van der Waals surface area contributed by atoms with Crippen molar-refractivity contribution in [2.75, 3.05) is 20.8 Å². The Hall–Kier alpha value is -4.75. The number of nitrogens with one attached hydrogen (secondary N) is 2. The zero-order valence-corrected chi connectivity index (χ0v) is 16.7. The van der Waals surface area contributed by atoms with E-state index in [0.29, 0.717) is 17.6 Å². The Labute approximate surface area is 179 Å². The average Bonchev–Trinajstić information content (AvgIpc) is 2.77. The number of aromatic hydroxyl groups is 1. The Morgan fingerprint density at radius 1 is 1.09 bits per heavy atom. The number of non-ortho nitro benzene ring substituents is 1. The molecule has 0 atom stereocenters. The molecule has 0 radical (unpaired) electrons. The second-order valence-corrected chi connectivity index (χ2v) is 5.96. The van der Waals surface area contributed by atoms with Gasteiger partial charge in [-0.25, -0.2) is 5.43 Å². The van der Waals surface area contributed by atoms with Crippen molar-refractivity contribution in [3.05, 3.63) is 61.7 Å². The maximum atomic E-state index is 12.2. The summed E-state index contributed by atoms with van der Waals surface area (Å²) in [4.78, 5) is 44.0. The number of hydrogen-bond donors (Lipinski definition) is 3. The zero-order chi connectivity index (χ0) is 23.8. The molecule has 0 aliphatic heterocycles. The monoisotopic (exact) mass is 447 g/mol. The first-order valence-corrected chi connectivity index (χ1v) is 8.65. The first kappa shape index (κ1) is 23.5. The van der Waals surface area contributed by atoms with Gasteiger partial charge in [-0.3, -0.25) is 29.8 Å². The lowest BCUT2D eigenvalue weighted by atomic mass is 10.1. The Bertz CT molecular complexity index is 1100. The molecule has 0 aromatic heterocycles. The van der Waals surface area contributed by atoms with Crippen LogP contribution in [-0.2, 0) is 4.79 Å². The Morgan fingerprint density at radius 3 is 2.38 bits per heavy atom. The number of nitrogens with zero attached hydrogens (tertiary/aromatic N) is 3. The summed E-state index contributed by atoms with van der Waals surface area (Å²) < 4.78 is 10.2. The average molecular weight is 447 g/mol. The third kappa shape index (κ3) is 5.65. The van der Waals surface area contributed by atoms with Gasteiger partial charge in [-0.1, -0.05) is 0 Å². The van der Waals surface area contributed by atoms with Crippen LogP contribution in [0.15, 0.2) is 35.4 Å². The lowest BCUT2D eigenvalue weighted by molar-refractivity contribution is -0.394. The first-order valence-electron chi connectivity index (χ1n) is 8.65. The fraction of sp³-hybridized carbons (Fsp3) is 0.167. The Balaban J connectivity index is 2.02. The van der Waals surface area contributed by atoms with Gasteiger partial charge in [-0.2, -0.15) is 5.10 Å². The number of nitro groups is 2. The number of carbonyl (C=O) groups excluding carboxylic acids is 2. The van der Waals surface area contributed by atoms with E-state index in [0.717, 1.165) is 12.3 Å². The number of methoxy groups -OCH3 is 2. The number of rotatable bonds is 9. The molecule has 3 N–H and O–H groups in total. The fourth-order valence-corrected chi connectivity index (χ4v) is 2.42. The molecule has 32 heavy (non-hydrogen) atoms. The lowest BCUT2D eigenvalue weighted by Crippen LogP contribution is -2.34. The van der Waals surface area contributed by atoms with Gasteiger partial charge in [0.15, 0.2) is 11.5 Å². The number of ether oxygens (including phenoxy) is 2. The van der Waals surface area contributed by atoms with Crippen molar-refractivity contribution in [1.82, 2.24) is 10.7 Å². The predicted octanol–water partition coefficient (Wildman–Crippen LogP) is 1.11. The van der Waals surface area contributed by atoms with Crippen molar-refractivity contribution in [3.63, 3.8) is 0 Å². The van der Waals surface area contributed by atoms with E-state index in [1.807, 2.05) is 5.43 Å². The van der Waals surface area contributed by atoms with E-state index in [-0.39, 0.29) is 11.1 Å². The predicted molar refractivity (Wildman–Crippen MR) is 109 cm³/mol. The van der Waals surface area contributed by atoms with Gasteiger partial charge in [0.25, 0.3) is 17.5 Å². The van der Waals surface area contributed by atoms with E-state index < -0.39 is 45.3 Å². The molecule has 0 unspecified atom stereocenters. The summed E-state index contributed by atoms with van der Waals surface area (Å²) in [7, 11) is 2.84. The van der Waals surface area contributed by atoms with E-state index in [1.165, 1.54) is 32.4 Å². The number of hydrazone groups is 1. The normalized spacial score (nSPS) is 10.4. The molecule has 0 spiro atoms. The van der Waals surface area contributed by atoms with E-state index >= 15 is 0 Å². The molecule has 14 heteroatoms. The molecule has 0 aliphatic carbocycles. The maximum absolute atomic E-state index is 12.2. The molecule has 2 amide bonds. The van der Waals surface area contributed by atoms with Crippen LogP contribution in [0, 0.1) is 20.2 Å². The van der Waals surface area contributed by atoms with Crippen LogP contribution in [0.5, 0.6) is 17.2 Å². The lowest BCUT2D eigenvalue weighted by Gasteiger charge is -2.09. The van der Waals surface area contributed by atoms with Crippen LogP contribution in [0.1, 0.15) is 15.9 Å². The zero-order valence-electron chi connectivity index (χ0n) is 16.7. The van der Waals surface area contributed by atoms with Crippen molar-refractivity contribution >= 4 is 29.4 Å². The largest absolute Gasteiger partial charge is 0.502 e. The molecule has 2 aromatic rings. The SMILES string of the molecule is COc1ccc(C(=O)NCC(=O)N/N=C\c2cc([N+](=O)[O-])cc([N+](=O)[O-])c2O)cc1OC. The standard InChI is InChI=1S/C18H17N5O9/c1-31-14-4-3-10(6-15(14)32-2)18(26)19-9-16(24)21-20-8-11-5-12(22(27)28)7-13(17(11)25)23(29)30/h3-8,25H,9H2,1-2H3,(H,19,26)(H,21,24)/b20-8-. The van der Waals surface area contributed by atoms with Crippen LogP contribution in [0.25, 0.3) is 0 Å². The number of phenolic OH excluding ortho intramolecular Hbond substituents is 1. The summed E-state index contributed by atoms with van der Waals surface area (Å²) in [5.41, 5.74) is 0.322. The second-order valence-electron chi connectivity index (χ2n) is 5.96. The fourth-order valence-electron chi connectivity index (χ4n) is 2.42. The molecule has 0 fully saturated rings. The summed E-state index contributed by atoms with van der Waals surface area (Å²) in [6, 6.07) is 5.83. The smallest absolute Gasteiger partial charge is 0.318 e. The van der Waals surface area contributed by atoms with Gasteiger partial charge in [-0.15, -0.1) is 0 Å². The Kier molecular flexibility index (Phi) is 7.60. The first-order chi connectivity index (χ1) is 15.2. The van der Waals surface area contributed by atoms with Crippen molar-refractivity contribution in [1.29, 1.82) is 0 Å². The third-order valence-electron chi connectivity index (χ3n) is 3.96. The van der Waals surface area contributed by atoms with Gasteiger partial charge in [-0.05, 0) is 18.2 Å². The summed E-state index contributed by atoms with van der Waals surface area (Å²) in [5, 5.41) is 37.5. The minimum absolute atomic E-state index is 0.202.